The first-order chi connectivity index (χ1) is 11.8. The maximum atomic E-state index is 9.69. The van der Waals surface area contributed by atoms with Crippen LogP contribution in [0.5, 0.6) is 5.75 Å². The number of phenols is 1. The highest BCUT2D eigenvalue weighted by Crippen LogP contribution is 2.24. The molecule has 1 aliphatic rings. The van der Waals surface area contributed by atoms with Crippen LogP contribution in [0.2, 0.25) is 0 Å². The number of rotatable bonds is 4. The van der Waals surface area contributed by atoms with E-state index < -0.39 is 0 Å². The molecule has 5 heteroatoms. The monoisotopic (exact) mass is 318 g/mol. The zero-order valence-electron chi connectivity index (χ0n) is 13.2. The van der Waals surface area contributed by atoms with Crippen LogP contribution in [0.25, 0.3) is 16.9 Å². The lowest BCUT2D eigenvalue weighted by Gasteiger charge is -2.10. The maximum Gasteiger partial charge on any atom is 0.154 e. The molecule has 1 aromatic carbocycles. The van der Waals surface area contributed by atoms with Crippen molar-refractivity contribution in [1.82, 2.24) is 14.6 Å². The van der Waals surface area contributed by atoms with Gasteiger partial charge in [-0.25, -0.2) is 9.50 Å². The molecule has 0 unspecified atom stereocenters. The summed E-state index contributed by atoms with van der Waals surface area (Å²) in [5, 5.41) is 17.7. The number of fused-ring (bicyclic) bond motifs is 1. The van der Waals surface area contributed by atoms with Crippen LogP contribution in [0.15, 0.2) is 66.4 Å². The molecular formula is C19H18N4O. The van der Waals surface area contributed by atoms with Gasteiger partial charge in [-0.3, -0.25) is 0 Å². The summed E-state index contributed by atoms with van der Waals surface area (Å²) in [6, 6.07) is 11.0. The summed E-state index contributed by atoms with van der Waals surface area (Å²) < 4.78 is 1.79. The highest BCUT2D eigenvalue weighted by molar-refractivity contribution is 5.65. The molecule has 5 nitrogen and oxygen atoms in total. The fraction of sp³-hybridized carbons (Fsp3) is 0.158. The molecule has 0 amide bonds. The molecule has 2 aromatic heterocycles. The normalized spacial score (nSPS) is 13.9. The van der Waals surface area contributed by atoms with Crippen LogP contribution in [0.4, 0.5) is 5.82 Å². The number of hydrogen-bond donors (Lipinski definition) is 2. The van der Waals surface area contributed by atoms with Crippen molar-refractivity contribution in [1.29, 1.82) is 0 Å². The second-order valence-electron chi connectivity index (χ2n) is 5.79. The number of aromatic hydroxyl groups is 1. The summed E-state index contributed by atoms with van der Waals surface area (Å²) in [6.07, 6.45) is 10.6. The van der Waals surface area contributed by atoms with E-state index in [1.807, 2.05) is 24.3 Å². The molecule has 4 rings (SSSR count). The van der Waals surface area contributed by atoms with Crippen LogP contribution >= 0.6 is 0 Å². The molecule has 0 fully saturated rings. The minimum Gasteiger partial charge on any atom is -0.508 e. The average Bonchev–Trinajstić information content (AvgIpc) is 3.04. The Balaban J connectivity index is 1.63. The first kappa shape index (κ1) is 14.5. The predicted octanol–water partition coefficient (Wildman–Crippen LogP) is 3.79. The molecule has 120 valence electrons. The number of nitrogens with zero attached hydrogens (tertiary/aromatic N) is 3. The van der Waals surface area contributed by atoms with Crippen molar-refractivity contribution in [3.63, 3.8) is 0 Å². The van der Waals surface area contributed by atoms with Crippen LogP contribution in [0.3, 0.4) is 0 Å². The lowest BCUT2D eigenvalue weighted by Crippen LogP contribution is -2.08. The Hall–Kier alpha value is -3.08. The topological polar surface area (TPSA) is 62.5 Å². The Kier molecular flexibility index (Phi) is 3.75. The lowest BCUT2D eigenvalue weighted by atomic mass is 10.1. The van der Waals surface area contributed by atoms with Gasteiger partial charge in [0.15, 0.2) is 5.65 Å². The number of nitrogens with one attached hydrogen (secondary N) is 1. The van der Waals surface area contributed by atoms with Gasteiger partial charge in [0.2, 0.25) is 0 Å². The van der Waals surface area contributed by atoms with Crippen LogP contribution in [0, 0.1) is 0 Å². The third-order valence-electron chi connectivity index (χ3n) is 4.05. The Morgan fingerprint density at radius 2 is 2.12 bits per heavy atom. The van der Waals surface area contributed by atoms with Crippen LogP contribution < -0.4 is 5.32 Å². The van der Waals surface area contributed by atoms with Gasteiger partial charge in [0, 0.05) is 12.1 Å². The Morgan fingerprint density at radius 1 is 1.17 bits per heavy atom. The van der Waals surface area contributed by atoms with E-state index in [0.717, 1.165) is 42.1 Å². The molecule has 2 N–H and O–H groups in total. The summed E-state index contributed by atoms with van der Waals surface area (Å²) in [5.41, 5.74) is 3.78. The summed E-state index contributed by atoms with van der Waals surface area (Å²) in [5.74, 6) is 1.02. The first-order valence-corrected chi connectivity index (χ1v) is 8.03. The molecule has 3 aromatic rings. The predicted molar refractivity (Wildman–Crippen MR) is 95.0 cm³/mol. The molecule has 0 saturated carbocycles. The lowest BCUT2D eigenvalue weighted by molar-refractivity contribution is 0.475. The van der Waals surface area contributed by atoms with E-state index in [9.17, 15) is 5.11 Å². The fourth-order valence-electron chi connectivity index (χ4n) is 2.82. The molecule has 24 heavy (non-hydrogen) atoms. The molecule has 0 aliphatic heterocycles. The minimum absolute atomic E-state index is 0.229. The van der Waals surface area contributed by atoms with Crippen molar-refractivity contribution >= 4 is 11.5 Å². The zero-order chi connectivity index (χ0) is 16.4. The molecule has 2 heterocycles. The van der Waals surface area contributed by atoms with Crippen LogP contribution in [0.1, 0.15) is 12.8 Å². The summed E-state index contributed by atoms with van der Waals surface area (Å²) >= 11 is 0. The Labute approximate surface area is 140 Å². The summed E-state index contributed by atoms with van der Waals surface area (Å²) in [4.78, 5) is 4.38. The third kappa shape index (κ3) is 2.88. The van der Waals surface area contributed by atoms with Crippen molar-refractivity contribution in [2.24, 2.45) is 0 Å². The standard InChI is InChI=1S/C19H18N4O/c24-16-8-4-7-15(11-16)17-13-21-19-10-9-18(22-23(17)19)20-12-14-5-2-1-3-6-14/h2,4-11,13,24H,1,3,12H2,(H,20,22). The number of benzene rings is 1. The number of anilines is 1. The Bertz CT molecular complexity index is 939. The summed E-state index contributed by atoms with van der Waals surface area (Å²) in [6.45, 7) is 0.755. The van der Waals surface area contributed by atoms with E-state index in [4.69, 9.17) is 0 Å². The number of aromatic nitrogens is 3. The minimum atomic E-state index is 0.229. The van der Waals surface area contributed by atoms with Gasteiger partial charge in [-0.15, -0.1) is 5.10 Å². The van der Waals surface area contributed by atoms with Crippen molar-refractivity contribution in [3.8, 4) is 17.0 Å². The average molecular weight is 318 g/mol. The third-order valence-corrected chi connectivity index (χ3v) is 4.05. The van der Waals surface area contributed by atoms with E-state index in [1.54, 1.807) is 22.8 Å². The zero-order valence-corrected chi connectivity index (χ0v) is 13.2. The van der Waals surface area contributed by atoms with E-state index in [0.29, 0.717) is 0 Å². The molecule has 0 saturated heterocycles. The van der Waals surface area contributed by atoms with Crippen molar-refractivity contribution < 1.29 is 5.11 Å². The van der Waals surface area contributed by atoms with E-state index in [2.05, 4.69) is 33.6 Å². The molecule has 0 radical (unpaired) electrons. The van der Waals surface area contributed by atoms with Gasteiger partial charge in [0.25, 0.3) is 0 Å². The van der Waals surface area contributed by atoms with Gasteiger partial charge in [-0.1, -0.05) is 30.4 Å². The first-order valence-electron chi connectivity index (χ1n) is 8.03. The second kappa shape index (κ2) is 6.20. The highest BCUT2D eigenvalue weighted by Gasteiger charge is 2.09. The number of imidazole rings is 1. The van der Waals surface area contributed by atoms with Gasteiger partial charge in [0.05, 0.1) is 11.9 Å². The van der Waals surface area contributed by atoms with Crippen LogP contribution in [-0.4, -0.2) is 26.2 Å². The maximum absolute atomic E-state index is 9.69. The number of allylic oxidation sites excluding steroid dienone is 2. The van der Waals surface area contributed by atoms with Crippen molar-refractivity contribution in [3.05, 3.63) is 66.4 Å². The second-order valence-corrected chi connectivity index (χ2v) is 5.79. The van der Waals surface area contributed by atoms with Gasteiger partial charge in [-0.2, -0.15) is 0 Å². The van der Waals surface area contributed by atoms with E-state index >= 15 is 0 Å². The number of phenolic OH excluding ortho intramolecular Hbond substituents is 1. The van der Waals surface area contributed by atoms with Gasteiger partial charge >= 0.3 is 0 Å². The quantitative estimate of drug-likeness (QED) is 0.768. The molecule has 1 aliphatic carbocycles. The smallest absolute Gasteiger partial charge is 0.154 e. The van der Waals surface area contributed by atoms with E-state index in [-0.39, 0.29) is 5.75 Å². The molecular weight excluding hydrogens is 300 g/mol. The van der Waals surface area contributed by atoms with Gasteiger partial charge < -0.3 is 10.4 Å². The Morgan fingerprint density at radius 3 is 2.96 bits per heavy atom. The van der Waals surface area contributed by atoms with Crippen molar-refractivity contribution in [2.75, 3.05) is 11.9 Å². The van der Waals surface area contributed by atoms with Crippen molar-refractivity contribution in [2.45, 2.75) is 12.8 Å². The van der Waals surface area contributed by atoms with Crippen LogP contribution in [-0.2, 0) is 0 Å². The number of hydrogen-bond acceptors (Lipinski definition) is 4. The summed E-state index contributed by atoms with van der Waals surface area (Å²) in [7, 11) is 0. The fourth-order valence-corrected chi connectivity index (χ4v) is 2.82. The van der Waals surface area contributed by atoms with E-state index in [1.165, 1.54) is 5.57 Å². The molecule has 0 atom stereocenters. The van der Waals surface area contributed by atoms with Gasteiger partial charge in [0.1, 0.15) is 11.6 Å². The molecule has 0 spiro atoms. The largest absolute Gasteiger partial charge is 0.508 e. The SMILES string of the molecule is Oc1cccc(-c2cnc3ccc(NCC4=CCCC=C4)nn23)c1. The van der Waals surface area contributed by atoms with Gasteiger partial charge in [-0.05, 0) is 42.7 Å². The highest BCUT2D eigenvalue weighted by atomic mass is 16.3. The molecule has 0 bridgehead atoms.